The van der Waals surface area contributed by atoms with E-state index in [-0.39, 0.29) is 6.73 Å². The van der Waals surface area contributed by atoms with Gasteiger partial charge in [0.15, 0.2) is 6.73 Å². The Balaban J connectivity index is 2.77. The van der Waals surface area contributed by atoms with Gasteiger partial charge in [0, 0.05) is 12.4 Å². The second kappa shape index (κ2) is 5.75. The number of hydrogen-bond acceptors (Lipinski definition) is 5. The normalized spacial score (nSPS) is 13.8. The summed E-state index contributed by atoms with van der Waals surface area (Å²) in [5.41, 5.74) is -1.27. The summed E-state index contributed by atoms with van der Waals surface area (Å²) >= 11 is 0. The standard InChI is InChI=1S/C12H23N2O4P/c1-11(2,3)17-19(15,18-12(4,5)6)16-10-14-9-7-8-13-14/h7-9H,10H2,1-6H3. The molecule has 0 aliphatic carbocycles. The van der Waals surface area contributed by atoms with Crippen LogP contribution in [0.5, 0.6) is 0 Å². The first-order valence-electron chi connectivity index (χ1n) is 6.13. The highest BCUT2D eigenvalue weighted by atomic mass is 31.2. The zero-order chi connectivity index (χ0) is 14.7. The topological polar surface area (TPSA) is 62.6 Å². The molecule has 6 nitrogen and oxygen atoms in total. The number of aromatic nitrogens is 2. The van der Waals surface area contributed by atoms with Crippen molar-refractivity contribution in [3.8, 4) is 0 Å². The van der Waals surface area contributed by atoms with Gasteiger partial charge in [0.05, 0.1) is 11.2 Å². The Labute approximate surface area is 114 Å². The summed E-state index contributed by atoms with van der Waals surface area (Å²) in [7, 11) is -3.66. The van der Waals surface area contributed by atoms with Crippen LogP contribution >= 0.6 is 7.82 Å². The lowest BCUT2D eigenvalue weighted by atomic mass is 10.2. The van der Waals surface area contributed by atoms with Gasteiger partial charge in [-0.15, -0.1) is 0 Å². The van der Waals surface area contributed by atoms with E-state index in [1.807, 2.05) is 0 Å². The van der Waals surface area contributed by atoms with E-state index in [0.29, 0.717) is 0 Å². The van der Waals surface area contributed by atoms with Gasteiger partial charge in [-0.1, -0.05) is 0 Å². The van der Waals surface area contributed by atoms with Crippen LogP contribution in [0.4, 0.5) is 0 Å². The molecule has 1 rings (SSSR count). The molecule has 0 amide bonds. The zero-order valence-corrected chi connectivity index (χ0v) is 13.3. The summed E-state index contributed by atoms with van der Waals surface area (Å²) in [6.07, 6.45) is 3.32. The Morgan fingerprint density at radius 1 is 1.11 bits per heavy atom. The molecule has 1 heterocycles. The molecule has 0 bridgehead atoms. The molecule has 0 saturated carbocycles. The average Bonchev–Trinajstić information content (AvgIpc) is 2.60. The Morgan fingerprint density at radius 2 is 1.63 bits per heavy atom. The van der Waals surface area contributed by atoms with Crippen molar-refractivity contribution in [2.24, 2.45) is 0 Å². The lowest BCUT2D eigenvalue weighted by molar-refractivity contribution is -0.00756. The van der Waals surface area contributed by atoms with E-state index >= 15 is 0 Å². The van der Waals surface area contributed by atoms with Crippen LogP contribution in [0.2, 0.25) is 0 Å². The molecule has 1 aromatic rings. The number of hydrogen-bond donors (Lipinski definition) is 0. The molecule has 7 heteroatoms. The maximum atomic E-state index is 12.6. The highest BCUT2D eigenvalue weighted by Crippen LogP contribution is 2.55. The summed E-state index contributed by atoms with van der Waals surface area (Å²) in [5, 5.41) is 3.97. The van der Waals surface area contributed by atoms with Crippen LogP contribution in [-0.4, -0.2) is 21.0 Å². The number of phosphoric ester groups is 1. The van der Waals surface area contributed by atoms with Gasteiger partial charge in [-0.2, -0.15) is 5.10 Å². The first kappa shape index (κ1) is 16.4. The fourth-order valence-corrected chi connectivity index (χ4v) is 2.99. The van der Waals surface area contributed by atoms with Crippen LogP contribution in [0, 0.1) is 0 Å². The molecule has 19 heavy (non-hydrogen) atoms. The average molecular weight is 290 g/mol. The monoisotopic (exact) mass is 290 g/mol. The van der Waals surface area contributed by atoms with Gasteiger partial charge in [-0.25, -0.2) is 9.25 Å². The van der Waals surface area contributed by atoms with E-state index in [4.69, 9.17) is 13.6 Å². The highest BCUT2D eigenvalue weighted by Gasteiger charge is 2.37. The largest absolute Gasteiger partial charge is 0.477 e. The Hall–Kier alpha value is -0.680. The van der Waals surface area contributed by atoms with Crippen molar-refractivity contribution in [3.05, 3.63) is 18.5 Å². The summed E-state index contributed by atoms with van der Waals surface area (Å²) in [5.74, 6) is 0. The number of phosphoric acid groups is 1. The molecule has 0 radical (unpaired) electrons. The molecular formula is C12H23N2O4P. The molecule has 0 aliphatic heterocycles. The molecule has 0 aromatic carbocycles. The van der Waals surface area contributed by atoms with Crippen molar-refractivity contribution in [2.75, 3.05) is 0 Å². The highest BCUT2D eigenvalue weighted by molar-refractivity contribution is 7.48. The van der Waals surface area contributed by atoms with Crippen molar-refractivity contribution in [1.29, 1.82) is 0 Å². The third-order valence-electron chi connectivity index (χ3n) is 1.68. The maximum Gasteiger partial charge on any atom is 0.477 e. The third kappa shape index (κ3) is 6.87. The Bertz CT molecular complexity index is 412. The summed E-state index contributed by atoms with van der Waals surface area (Å²) in [4.78, 5) is 0. The second-order valence-corrected chi connectivity index (χ2v) is 7.68. The number of rotatable bonds is 5. The van der Waals surface area contributed by atoms with E-state index in [1.54, 1.807) is 60.0 Å². The quantitative estimate of drug-likeness (QED) is 0.775. The van der Waals surface area contributed by atoms with Crippen LogP contribution in [0.1, 0.15) is 41.5 Å². The van der Waals surface area contributed by atoms with Gasteiger partial charge in [0.2, 0.25) is 0 Å². The van der Waals surface area contributed by atoms with Gasteiger partial charge in [-0.05, 0) is 47.6 Å². The fourth-order valence-electron chi connectivity index (χ4n) is 1.25. The van der Waals surface area contributed by atoms with Gasteiger partial charge >= 0.3 is 7.82 Å². The summed E-state index contributed by atoms with van der Waals surface area (Å²) < 4.78 is 30.4. The first-order valence-corrected chi connectivity index (χ1v) is 7.59. The van der Waals surface area contributed by atoms with Gasteiger partial charge in [0.25, 0.3) is 0 Å². The molecule has 0 unspecified atom stereocenters. The second-order valence-electron chi connectivity index (χ2n) is 6.16. The molecule has 0 spiro atoms. The molecular weight excluding hydrogens is 267 g/mol. The maximum absolute atomic E-state index is 12.6. The predicted molar refractivity (Wildman–Crippen MR) is 72.6 cm³/mol. The molecule has 110 valence electrons. The first-order chi connectivity index (χ1) is 8.49. The molecule has 0 aliphatic rings. The van der Waals surface area contributed by atoms with Crippen LogP contribution in [-0.2, 0) is 24.9 Å². The summed E-state index contributed by atoms with van der Waals surface area (Å²) in [6.45, 7) is 10.8. The fraction of sp³-hybridized carbons (Fsp3) is 0.750. The van der Waals surface area contributed by atoms with Crippen molar-refractivity contribution in [2.45, 2.75) is 59.5 Å². The van der Waals surface area contributed by atoms with Crippen molar-refractivity contribution < 1.29 is 18.1 Å². The minimum absolute atomic E-state index is 0.0104. The number of nitrogens with zero attached hydrogens (tertiary/aromatic N) is 2. The Kier molecular flexibility index (Phi) is 4.96. The van der Waals surface area contributed by atoms with Crippen LogP contribution in [0.25, 0.3) is 0 Å². The van der Waals surface area contributed by atoms with Crippen molar-refractivity contribution in [3.63, 3.8) is 0 Å². The minimum Gasteiger partial charge on any atom is -0.281 e. The van der Waals surface area contributed by atoms with Gasteiger partial charge < -0.3 is 0 Å². The van der Waals surface area contributed by atoms with Gasteiger partial charge in [-0.3, -0.25) is 13.6 Å². The lowest BCUT2D eigenvalue weighted by Gasteiger charge is -2.30. The molecule has 0 atom stereocenters. The minimum atomic E-state index is -3.66. The third-order valence-corrected chi connectivity index (χ3v) is 3.65. The smallest absolute Gasteiger partial charge is 0.281 e. The van der Waals surface area contributed by atoms with E-state index in [9.17, 15) is 4.57 Å². The lowest BCUT2D eigenvalue weighted by Crippen LogP contribution is -2.25. The Morgan fingerprint density at radius 3 is 2.00 bits per heavy atom. The van der Waals surface area contributed by atoms with Crippen molar-refractivity contribution in [1.82, 2.24) is 9.78 Å². The van der Waals surface area contributed by atoms with Gasteiger partial charge in [0.1, 0.15) is 0 Å². The molecule has 0 N–H and O–H groups in total. The zero-order valence-electron chi connectivity index (χ0n) is 12.4. The SMILES string of the molecule is CC(C)(C)OP(=O)(OCn1cccn1)OC(C)(C)C. The molecule has 0 fully saturated rings. The van der Waals surface area contributed by atoms with Crippen LogP contribution in [0.3, 0.4) is 0 Å². The summed E-state index contributed by atoms with van der Waals surface area (Å²) in [6, 6.07) is 1.75. The van der Waals surface area contributed by atoms with Crippen LogP contribution < -0.4 is 0 Å². The predicted octanol–water partition coefficient (Wildman–Crippen LogP) is 3.60. The molecule has 0 saturated heterocycles. The molecule has 1 aromatic heterocycles. The van der Waals surface area contributed by atoms with E-state index < -0.39 is 19.0 Å². The van der Waals surface area contributed by atoms with E-state index in [2.05, 4.69) is 5.10 Å². The van der Waals surface area contributed by atoms with Crippen LogP contribution in [0.15, 0.2) is 18.5 Å². The van der Waals surface area contributed by atoms with E-state index in [1.165, 1.54) is 4.68 Å². The van der Waals surface area contributed by atoms with Crippen molar-refractivity contribution >= 4 is 7.82 Å². The van der Waals surface area contributed by atoms with E-state index in [0.717, 1.165) is 0 Å².